The maximum Gasteiger partial charge on any atom is 0.126 e. The highest BCUT2D eigenvalue weighted by Gasteiger charge is 2.10. The van der Waals surface area contributed by atoms with Gasteiger partial charge in [0.15, 0.2) is 0 Å². The maximum absolute atomic E-state index is 13.7. The van der Waals surface area contributed by atoms with Crippen LogP contribution in [0.4, 0.5) is 4.39 Å². The number of pyridine rings is 1. The van der Waals surface area contributed by atoms with Crippen molar-refractivity contribution in [2.75, 3.05) is 21.2 Å². The highest BCUT2D eigenvalue weighted by molar-refractivity contribution is 5.70. The Hall–Kier alpha value is -2.92. The van der Waals surface area contributed by atoms with Gasteiger partial charge in [-0.1, -0.05) is 18.2 Å². The van der Waals surface area contributed by atoms with Crippen LogP contribution >= 0.6 is 0 Å². The summed E-state index contributed by atoms with van der Waals surface area (Å²) in [6.07, 6.45) is 3.45. The average molecular weight is 366 g/mol. The number of nitrogens with zero attached hydrogens (tertiary/aromatic N) is 2. The fourth-order valence-corrected chi connectivity index (χ4v) is 2.90. The molecule has 0 aliphatic carbocycles. The van der Waals surface area contributed by atoms with Crippen molar-refractivity contribution in [1.29, 1.82) is 0 Å². The Kier molecular flexibility index (Phi) is 6.04. The standard InChI is InChI=1S/C22H23FN2O2/c1-25(2)14-17-6-4-5-7-21(17)27-15-16-10-18(13-24-12-16)20-11-19(23)8-9-22(20)26-3/h4-13H,14-15H2,1-3H3. The Morgan fingerprint density at radius 1 is 1.00 bits per heavy atom. The van der Waals surface area contributed by atoms with Crippen LogP contribution in [0.5, 0.6) is 11.5 Å². The molecule has 0 amide bonds. The van der Waals surface area contributed by atoms with Crippen LogP contribution in [0.25, 0.3) is 11.1 Å². The van der Waals surface area contributed by atoms with Crippen molar-refractivity contribution in [3.05, 3.63) is 77.9 Å². The second kappa shape index (κ2) is 8.64. The van der Waals surface area contributed by atoms with E-state index >= 15 is 0 Å². The molecule has 1 heterocycles. The molecule has 2 aromatic carbocycles. The Labute approximate surface area is 159 Å². The van der Waals surface area contributed by atoms with Crippen LogP contribution < -0.4 is 9.47 Å². The summed E-state index contributed by atoms with van der Waals surface area (Å²) in [5, 5.41) is 0. The zero-order chi connectivity index (χ0) is 19.2. The third kappa shape index (κ3) is 4.83. The quantitative estimate of drug-likeness (QED) is 0.615. The lowest BCUT2D eigenvalue weighted by Crippen LogP contribution is -2.12. The van der Waals surface area contributed by atoms with E-state index in [-0.39, 0.29) is 5.82 Å². The van der Waals surface area contributed by atoms with Crippen molar-refractivity contribution in [3.8, 4) is 22.6 Å². The van der Waals surface area contributed by atoms with E-state index in [1.54, 1.807) is 25.6 Å². The van der Waals surface area contributed by atoms with Gasteiger partial charge < -0.3 is 14.4 Å². The molecule has 0 N–H and O–H groups in total. The van der Waals surface area contributed by atoms with Crippen LogP contribution in [-0.2, 0) is 13.2 Å². The minimum Gasteiger partial charge on any atom is -0.496 e. The molecule has 5 heteroatoms. The summed E-state index contributed by atoms with van der Waals surface area (Å²) in [6, 6.07) is 14.4. The fraction of sp³-hybridized carbons (Fsp3) is 0.227. The molecule has 0 aliphatic heterocycles. The first-order chi connectivity index (χ1) is 13.1. The normalized spacial score (nSPS) is 10.9. The molecule has 3 aromatic rings. The lowest BCUT2D eigenvalue weighted by molar-refractivity contribution is 0.295. The number of rotatable bonds is 7. The van der Waals surface area contributed by atoms with E-state index in [9.17, 15) is 4.39 Å². The van der Waals surface area contributed by atoms with E-state index in [0.29, 0.717) is 17.9 Å². The van der Waals surface area contributed by atoms with Gasteiger partial charge in [-0.15, -0.1) is 0 Å². The summed E-state index contributed by atoms with van der Waals surface area (Å²) in [5.74, 6) is 1.14. The number of para-hydroxylation sites is 1. The van der Waals surface area contributed by atoms with Crippen molar-refractivity contribution >= 4 is 0 Å². The maximum atomic E-state index is 13.7. The number of aromatic nitrogens is 1. The van der Waals surface area contributed by atoms with Gasteiger partial charge in [-0.05, 0) is 44.4 Å². The second-order valence-corrected chi connectivity index (χ2v) is 6.56. The van der Waals surface area contributed by atoms with Crippen LogP contribution in [0.1, 0.15) is 11.1 Å². The minimum atomic E-state index is -0.315. The number of ether oxygens (including phenoxy) is 2. The molecule has 27 heavy (non-hydrogen) atoms. The van der Waals surface area contributed by atoms with Gasteiger partial charge in [0.2, 0.25) is 0 Å². The number of benzene rings is 2. The molecule has 0 spiro atoms. The van der Waals surface area contributed by atoms with Crippen LogP contribution in [-0.4, -0.2) is 31.1 Å². The molecule has 0 unspecified atom stereocenters. The Morgan fingerprint density at radius 3 is 2.59 bits per heavy atom. The Bertz CT molecular complexity index is 912. The molecule has 0 saturated heterocycles. The van der Waals surface area contributed by atoms with Gasteiger partial charge >= 0.3 is 0 Å². The van der Waals surface area contributed by atoms with Gasteiger partial charge in [0.25, 0.3) is 0 Å². The molecule has 0 atom stereocenters. The molecule has 1 aromatic heterocycles. The third-order valence-corrected chi connectivity index (χ3v) is 4.12. The van der Waals surface area contributed by atoms with E-state index in [4.69, 9.17) is 9.47 Å². The molecule has 140 valence electrons. The second-order valence-electron chi connectivity index (χ2n) is 6.56. The van der Waals surface area contributed by atoms with Crippen molar-refractivity contribution in [2.45, 2.75) is 13.2 Å². The van der Waals surface area contributed by atoms with Crippen molar-refractivity contribution in [3.63, 3.8) is 0 Å². The molecular formula is C22H23FN2O2. The van der Waals surface area contributed by atoms with E-state index in [1.807, 2.05) is 38.4 Å². The van der Waals surface area contributed by atoms with Crippen LogP contribution in [0.2, 0.25) is 0 Å². The monoisotopic (exact) mass is 366 g/mol. The molecule has 0 fully saturated rings. The number of halogens is 1. The zero-order valence-corrected chi connectivity index (χ0v) is 15.8. The van der Waals surface area contributed by atoms with Gasteiger partial charge in [-0.3, -0.25) is 4.98 Å². The number of hydrogen-bond donors (Lipinski definition) is 0. The fourth-order valence-electron chi connectivity index (χ4n) is 2.90. The smallest absolute Gasteiger partial charge is 0.126 e. The molecule has 0 radical (unpaired) electrons. The van der Waals surface area contributed by atoms with E-state index in [1.165, 1.54) is 12.1 Å². The molecule has 4 nitrogen and oxygen atoms in total. The number of hydrogen-bond acceptors (Lipinski definition) is 4. The molecule has 0 bridgehead atoms. The summed E-state index contributed by atoms with van der Waals surface area (Å²) < 4.78 is 25.1. The third-order valence-electron chi connectivity index (χ3n) is 4.12. The van der Waals surface area contributed by atoms with Gasteiger partial charge in [0, 0.05) is 41.2 Å². The van der Waals surface area contributed by atoms with Crippen LogP contribution in [0.15, 0.2) is 60.9 Å². The summed E-state index contributed by atoms with van der Waals surface area (Å²) in [6.45, 7) is 1.18. The van der Waals surface area contributed by atoms with Crippen molar-refractivity contribution in [1.82, 2.24) is 9.88 Å². The lowest BCUT2D eigenvalue weighted by Gasteiger charge is -2.15. The molecule has 0 saturated carbocycles. The summed E-state index contributed by atoms with van der Waals surface area (Å²) >= 11 is 0. The SMILES string of the molecule is COc1ccc(F)cc1-c1cncc(COc2ccccc2CN(C)C)c1. The molecular weight excluding hydrogens is 343 g/mol. The highest BCUT2D eigenvalue weighted by Crippen LogP contribution is 2.31. The average Bonchev–Trinajstić information content (AvgIpc) is 2.67. The van der Waals surface area contributed by atoms with E-state index < -0.39 is 0 Å². The lowest BCUT2D eigenvalue weighted by atomic mass is 10.0. The first-order valence-corrected chi connectivity index (χ1v) is 8.70. The van der Waals surface area contributed by atoms with Gasteiger partial charge in [-0.25, -0.2) is 4.39 Å². The van der Waals surface area contributed by atoms with Gasteiger partial charge in [0.1, 0.15) is 23.9 Å². The van der Waals surface area contributed by atoms with Crippen LogP contribution in [0, 0.1) is 5.82 Å². The van der Waals surface area contributed by atoms with Crippen molar-refractivity contribution < 1.29 is 13.9 Å². The summed E-state index contributed by atoms with van der Waals surface area (Å²) in [7, 11) is 5.62. The first kappa shape index (κ1) is 18.9. The zero-order valence-electron chi connectivity index (χ0n) is 15.8. The van der Waals surface area contributed by atoms with Gasteiger partial charge in [0.05, 0.1) is 7.11 Å². The highest BCUT2D eigenvalue weighted by atomic mass is 19.1. The van der Waals surface area contributed by atoms with E-state index in [2.05, 4.69) is 16.0 Å². The molecule has 0 aliphatic rings. The molecule has 3 rings (SSSR count). The predicted molar refractivity (Wildman–Crippen MR) is 104 cm³/mol. The Balaban J connectivity index is 1.81. The minimum absolute atomic E-state index is 0.315. The topological polar surface area (TPSA) is 34.6 Å². The number of methoxy groups -OCH3 is 1. The summed E-state index contributed by atoms with van der Waals surface area (Å²) in [4.78, 5) is 6.38. The summed E-state index contributed by atoms with van der Waals surface area (Å²) in [5.41, 5.74) is 3.48. The Morgan fingerprint density at radius 2 is 1.81 bits per heavy atom. The van der Waals surface area contributed by atoms with Crippen molar-refractivity contribution in [2.24, 2.45) is 0 Å². The van der Waals surface area contributed by atoms with Crippen LogP contribution in [0.3, 0.4) is 0 Å². The van der Waals surface area contributed by atoms with Gasteiger partial charge in [-0.2, -0.15) is 0 Å². The predicted octanol–water partition coefficient (Wildman–Crippen LogP) is 4.54. The van der Waals surface area contributed by atoms with E-state index in [0.717, 1.165) is 29.0 Å². The first-order valence-electron chi connectivity index (χ1n) is 8.70. The largest absolute Gasteiger partial charge is 0.496 e.